The summed E-state index contributed by atoms with van der Waals surface area (Å²) in [5, 5.41) is 0. The number of ether oxygens (including phenoxy) is 1. The summed E-state index contributed by atoms with van der Waals surface area (Å²) in [6, 6.07) is 6.18. The molecule has 0 saturated carbocycles. The lowest BCUT2D eigenvalue weighted by Crippen LogP contribution is -2.23. The van der Waals surface area contributed by atoms with Crippen LogP contribution in [0.2, 0.25) is 0 Å². The molecule has 0 spiro atoms. The van der Waals surface area contributed by atoms with Gasteiger partial charge in [-0.05, 0) is 24.3 Å². The van der Waals surface area contributed by atoms with Crippen molar-refractivity contribution in [2.45, 2.75) is 11.4 Å². The molecule has 1 heterocycles. The lowest BCUT2D eigenvalue weighted by Gasteiger charge is -2.06. The van der Waals surface area contributed by atoms with Crippen LogP contribution in [0.15, 0.2) is 41.6 Å². The number of nitrogens with zero attached hydrogens (tertiary/aromatic N) is 1. The van der Waals surface area contributed by atoms with Crippen LogP contribution in [0, 0.1) is 0 Å². The molecule has 18 heavy (non-hydrogen) atoms. The van der Waals surface area contributed by atoms with Gasteiger partial charge in [0.1, 0.15) is 11.6 Å². The van der Waals surface area contributed by atoms with E-state index in [2.05, 4.69) is 14.7 Å². The van der Waals surface area contributed by atoms with E-state index in [4.69, 9.17) is 4.74 Å². The molecule has 1 aromatic heterocycles. The van der Waals surface area contributed by atoms with Crippen molar-refractivity contribution in [3.63, 3.8) is 0 Å². The molecule has 7 heteroatoms. The van der Waals surface area contributed by atoms with Crippen molar-refractivity contribution < 1.29 is 13.2 Å². The molecule has 0 atom stereocenters. The summed E-state index contributed by atoms with van der Waals surface area (Å²) in [6.07, 6.45) is 3.20. The molecule has 0 amide bonds. The maximum Gasteiger partial charge on any atom is 0.240 e. The number of methoxy groups -OCH3 is 1. The van der Waals surface area contributed by atoms with Gasteiger partial charge in [-0.25, -0.2) is 18.1 Å². The van der Waals surface area contributed by atoms with Crippen molar-refractivity contribution in [2.75, 3.05) is 7.11 Å². The number of benzene rings is 1. The van der Waals surface area contributed by atoms with Crippen LogP contribution in [-0.4, -0.2) is 25.5 Å². The highest BCUT2D eigenvalue weighted by Gasteiger charge is 2.13. The zero-order valence-corrected chi connectivity index (χ0v) is 10.6. The third-order valence-electron chi connectivity index (χ3n) is 2.35. The third-order valence-corrected chi connectivity index (χ3v) is 3.77. The minimum absolute atomic E-state index is 0.126. The Bertz CT molecular complexity index is 591. The van der Waals surface area contributed by atoms with E-state index in [9.17, 15) is 8.42 Å². The van der Waals surface area contributed by atoms with Gasteiger partial charge < -0.3 is 9.72 Å². The lowest BCUT2D eigenvalue weighted by molar-refractivity contribution is 0.414. The van der Waals surface area contributed by atoms with E-state index < -0.39 is 10.0 Å². The number of hydrogen-bond acceptors (Lipinski definition) is 4. The van der Waals surface area contributed by atoms with E-state index in [0.717, 1.165) is 0 Å². The van der Waals surface area contributed by atoms with Gasteiger partial charge >= 0.3 is 0 Å². The van der Waals surface area contributed by atoms with Crippen molar-refractivity contribution in [2.24, 2.45) is 0 Å². The Balaban J connectivity index is 2.09. The van der Waals surface area contributed by atoms with Crippen LogP contribution in [0.1, 0.15) is 5.82 Å². The number of imidazole rings is 1. The molecule has 0 saturated heterocycles. The monoisotopic (exact) mass is 267 g/mol. The summed E-state index contributed by atoms with van der Waals surface area (Å²) in [4.78, 5) is 6.95. The first-order valence-electron chi connectivity index (χ1n) is 5.24. The topological polar surface area (TPSA) is 84.1 Å². The number of hydrogen-bond donors (Lipinski definition) is 2. The fraction of sp³-hybridized carbons (Fsp3) is 0.182. The van der Waals surface area contributed by atoms with Crippen LogP contribution in [0.5, 0.6) is 5.75 Å². The SMILES string of the molecule is COc1ccc(S(=O)(=O)NCc2ncc[nH]2)cc1. The van der Waals surface area contributed by atoms with E-state index in [1.54, 1.807) is 24.5 Å². The second-order valence-corrected chi connectivity index (χ2v) is 5.30. The predicted molar refractivity (Wildman–Crippen MR) is 65.6 cm³/mol. The Morgan fingerprint density at radius 2 is 2.06 bits per heavy atom. The fourth-order valence-electron chi connectivity index (χ4n) is 1.40. The first kappa shape index (κ1) is 12.6. The van der Waals surface area contributed by atoms with Crippen molar-refractivity contribution in [1.29, 1.82) is 0 Å². The van der Waals surface area contributed by atoms with Gasteiger partial charge in [0.05, 0.1) is 18.6 Å². The number of rotatable bonds is 5. The number of aromatic nitrogens is 2. The van der Waals surface area contributed by atoms with Gasteiger partial charge in [-0.3, -0.25) is 0 Å². The first-order valence-corrected chi connectivity index (χ1v) is 6.72. The van der Waals surface area contributed by atoms with E-state index in [1.807, 2.05) is 0 Å². The minimum Gasteiger partial charge on any atom is -0.497 e. The van der Waals surface area contributed by atoms with E-state index in [0.29, 0.717) is 11.6 Å². The summed E-state index contributed by atoms with van der Waals surface area (Å²) in [7, 11) is -2.00. The molecule has 0 unspecified atom stereocenters. The smallest absolute Gasteiger partial charge is 0.240 e. The Kier molecular flexibility index (Phi) is 3.63. The Labute approximate surface area is 105 Å². The van der Waals surface area contributed by atoms with Gasteiger partial charge in [0, 0.05) is 12.4 Å². The van der Waals surface area contributed by atoms with Crippen LogP contribution in [0.25, 0.3) is 0 Å². The van der Waals surface area contributed by atoms with Crippen LogP contribution in [0.4, 0.5) is 0 Å². The van der Waals surface area contributed by atoms with Gasteiger partial charge in [0.15, 0.2) is 0 Å². The minimum atomic E-state index is -3.53. The summed E-state index contributed by atoms with van der Waals surface area (Å²) in [5.74, 6) is 1.17. The maximum atomic E-state index is 11.9. The number of nitrogens with one attached hydrogen (secondary N) is 2. The predicted octanol–water partition coefficient (Wildman–Crippen LogP) is 0.897. The van der Waals surface area contributed by atoms with Gasteiger partial charge in [-0.2, -0.15) is 0 Å². The van der Waals surface area contributed by atoms with Crippen molar-refractivity contribution >= 4 is 10.0 Å². The number of sulfonamides is 1. The zero-order chi connectivity index (χ0) is 13.0. The van der Waals surface area contributed by atoms with E-state index >= 15 is 0 Å². The molecule has 2 aromatic rings. The molecule has 0 bridgehead atoms. The van der Waals surface area contributed by atoms with Crippen LogP contribution < -0.4 is 9.46 Å². The molecule has 6 nitrogen and oxygen atoms in total. The van der Waals surface area contributed by atoms with Crippen molar-refractivity contribution in [3.8, 4) is 5.75 Å². The molecule has 0 aliphatic carbocycles. The Morgan fingerprint density at radius 3 is 2.61 bits per heavy atom. The molecular weight excluding hydrogens is 254 g/mol. The van der Waals surface area contributed by atoms with Crippen LogP contribution in [0.3, 0.4) is 0 Å². The summed E-state index contributed by atoms with van der Waals surface area (Å²) >= 11 is 0. The van der Waals surface area contributed by atoms with E-state index in [-0.39, 0.29) is 11.4 Å². The molecule has 0 aliphatic heterocycles. The van der Waals surface area contributed by atoms with Gasteiger partial charge in [0.2, 0.25) is 10.0 Å². The molecule has 0 fully saturated rings. The quantitative estimate of drug-likeness (QED) is 0.843. The van der Waals surface area contributed by atoms with Gasteiger partial charge in [-0.1, -0.05) is 0 Å². The standard InChI is InChI=1S/C11H13N3O3S/c1-17-9-2-4-10(5-3-9)18(15,16)14-8-11-12-6-7-13-11/h2-7,14H,8H2,1H3,(H,12,13). The molecule has 2 rings (SSSR count). The summed E-state index contributed by atoms with van der Waals surface area (Å²) in [5.41, 5.74) is 0. The first-order chi connectivity index (χ1) is 8.62. The second kappa shape index (κ2) is 5.19. The molecular formula is C11H13N3O3S. The van der Waals surface area contributed by atoms with E-state index in [1.165, 1.54) is 19.2 Å². The molecule has 0 radical (unpaired) electrons. The lowest BCUT2D eigenvalue weighted by atomic mass is 10.3. The largest absolute Gasteiger partial charge is 0.497 e. The van der Waals surface area contributed by atoms with Crippen LogP contribution in [-0.2, 0) is 16.6 Å². The third kappa shape index (κ3) is 2.88. The highest BCUT2D eigenvalue weighted by atomic mass is 32.2. The summed E-state index contributed by atoms with van der Waals surface area (Å²) < 4.78 is 31.3. The number of H-pyrrole nitrogens is 1. The highest BCUT2D eigenvalue weighted by Crippen LogP contribution is 2.15. The van der Waals surface area contributed by atoms with Crippen molar-refractivity contribution in [1.82, 2.24) is 14.7 Å². The van der Waals surface area contributed by atoms with Gasteiger partial charge in [0.25, 0.3) is 0 Å². The maximum absolute atomic E-state index is 11.9. The molecule has 1 aromatic carbocycles. The Hall–Kier alpha value is -1.86. The zero-order valence-electron chi connectivity index (χ0n) is 9.75. The molecule has 2 N–H and O–H groups in total. The number of aromatic amines is 1. The normalized spacial score (nSPS) is 11.4. The average Bonchev–Trinajstić information content (AvgIpc) is 2.90. The molecule has 96 valence electrons. The van der Waals surface area contributed by atoms with Crippen LogP contribution >= 0.6 is 0 Å². The fourth-order valence-corrected chi connectivity index (χ4v) is 2.38. The Morgan fingerprint density at radius 1 is 1.33 bits per heavy atom. The highest BCUT2D eigenvalue weighted by molar-refractivity contribution is 7.89. The summed E-state index contributed by atoms with van der Waals surface area (Å²) in [6.45, 7) is 0.126. The van der Waals surface area contributed by atoms with Crippen molar-refractivity contribution in [3.05, 3.63) is 42.5 Å². The second-order valence-electron chi connectivity index (χ2n) is 3.54. The average molecular weight is 267 g/mol. The molecule has 0 aliphatic rings. The van der Waals surface area contributed by atoms with Gasteiger partial charge in [-0.15, -0.1) is 0 Å².